The first-order chi connectivity index (χ1) is 8.28. The van der Waals surface area contributed by atoms with Gasteiger partial charge in [0.15, 0.2) is 0 Å². The van der Waals surface area contributed by atoms with Crippen LogP contribution in [0.4, 0.5) is 0 Å². The summed E-state index contributed by atoms with van der Waals surface area (Å²) in [6.45, 7) is 11.0. The van der Waals surface area contributed by atoms with Crippen molar-refractivity contribution >= 4 is 0 Å². The first-order valence-corrected chi connectivity index (χ1v) is 7.63. The van der Waals surface area contributed by atoms with E-state index in [4.69, 9.17) is 4.74 Å². The Morgan fingerprint density at radius 1 is 1.12 bits per heavy atom. The largest absolute Gasteiger partial charge is 0.377 e. The van der Waals surface area contributed by atoms with E-state index in [0.717, 1.165) is 25.0 Å². The number of rotatable bonds is 10. The third-order valence-corrected chi connectivity index (χ3v) is 3.99. The highest BCUT2D eigenvalue weighted by atomic mass is 16.5. The van der Waals surface area contributed by atoms with Crippen molar-refractivity contribution < 1.29 is 4.74 Å². The van der Waals surface area contributed by atoms with Crippen LogP contribution in [-0.2, 0) is 4.74 Å². The lowest BCUT2D eigenvalue weighted by atomic mass is 9.88. The van der Waals surface area contributed by atoms with Crippen LogP contribution in [0.2, 0.25) is 0 Å². The molecule has 0 aromatic heterocycles. The molecule has 1 fully saturated rings. The Labute approximate surface area is 108 Å². The minimum absolute atomic E-state index is 0.455. The van der Waals surface area contributed by atoms with Gasteiger partial charge in [-0.25, -0.2) is 0 Å². The summed E-state index contributed by atoms with van der Waals surface area (Å²) in [5.74, 6) is 1.59. The Balaban J connectivity index is 2.62. The molecule has 0 radical (unpaired) electrons. The van der Waals surface area contributed by atoms with Crippen molar-refractivity contribution in [1.82, 2.24) is 5.32 Å². The summed E-state index contributed by atoms with van der Waals surface area (Å²) in [4.78, 5) is 0. The number of nitrogens with one attached hydrogen (secondary N) is 1. The van der Waals surface area contributed by atoms with Gasteiger partial charge in [0, 0.05) is 12.6 Å². The van der Waals surface area contributed by atoms with Crippen LogP contribution >= 0.6 is 0 Å². The molecule has 0 heterocycles. The predicted octanol–water partition coefficient (Wildman–Crippen LogP) is 3.61. The molecule has 1 aliphatic carbocycles. The lowest BCUT2D eigenvalue weighted by molar-refractivity contribution is 0.00162. The predicted molar refractivity (Wildman–Crippen MR) is 74.3 cm³/mol. The van der Waals surface area contributed by atoms with Crippen LogP contribution in [-0.4, -0.2) is 25.3 Å². The lowest BCUT2D eigenvalue weighted by Gasteiger charge is -2.34. The van der Waals surface area contributed by atoms with E-state index in [-0.39, 0.29) is 0 Å². The third kappa shape index (κ3) is 4.59. The maximum Gasteiger partial charge on any atom is 0.0758 e. The quantitative estimate of drug-likeness (QED) is 0.631. The van der Waals surface area contributed by atoms with Gasteiger partial charge in [0.1, 0.15) is 0 Å². The molecule has 2 unspecified atom stereocenters. The SMILES string of the molecule is CCCNC(C(CC)CC)C(OCC)C1CC1. The number of ether oxygens (including phenoxy) is 1. The summed E-state index contributed by atoms with van der Waals surface area (Å²) >= 11 is 0. The van der Waals surface area contributed by atoms with Crippen molar-refractivity contribution in [3.63, 3.8) is 0 Å². The maximum atomic E-state index is 6.05. The topological polar surface area (TPSA) is 21.3 Å². The molecule has 1 saturated carbocycles. The molecule has 2 nitrogen and oxygen atoms in total. The van der Waals surface area contributed by atoms with Gasteiger partial charge in [0.2, 0.25) is 0 Å². The van der Waals surface area contributed by atoms with Gasteiger partial charge < -0.3 is 10.1 Å². The van der Waals surface area contributed by atoms with E-state index in [1.54, 1.807) is 0 Å². The van der Waals surface area contributed by atoms with Crippen LogP contribution in [0.15, 0.2) is 0 Å². The Bertz CT molecular complexity index is 187. The van der Waals surface area contributed by atoms with E-state index in [0.29, 0.717) is 12.1 Å². The molecule has 1 aliphatic rings. The summed E-state index contributed by atoms with van der Waals surface area (Å²) in [7, 11) is 0. The Morgan fingerprint density at radius 2 is 1.76 bits per heavy atom. The normalized spacial score (nSPS) is 19.6. The fraction of sp³-hybridized carbons (Fsp3) is 1.00. The van der Waals surface area contributed by atoms with E-state index < -0.39 is 0 Å². The van der Waals surface area contributed by atoms with Crippen molar-refractivity contribution in [3.05, 3.63) is 0 Å². The molecule has 2 heteroatoms. The lowest BCUT2D eigenvalue weighted by Crippen LogP contribution is -2.48. The molecular weight excluding hydrogens is 210 g/mol. The molecule has 0 bridgehead atoms. The van der Waals surface area contributed by atoms with Gasteiger partial charge in [0.25, 0.3) is 0 Å². The number of hydrogen-bond donors (Lipinski definition) is 1. The summed E-state index contributed by atoms with van der Waals surface area (Å²) in [6.07, 6.45) is 6.92. The fourth-order valence-electron chi connectivity index (χ4n) is 2.81. The van der Waals surface area contributed by atoms with Crippen LogP contribution in [0.1, 0.15) is 59.8 Å². The molecule has 0 saturated heterocycles. The summed E-state index contributed by atoms with van der Waals surface area (Å²) < 4.78 is 6.05. The van der Waals surface area contributed by atoms with Crippen LogP contribution in [0.5, 0.6) is 0 Å². The molecule has 0 aliphatic heterocycles. The summed E-state index contributed by atoms with van der Waals surface area (Å²) in [5.41, 5.74) is 0. The van der Waals surface area contributed by atoms with Crippen molar-refractivity contribution in [2.75, 3.05) is 13.2 Å². The Morgan fingerprint density at radius 3 is 2.18 bits per heavy atom. The molecule has 0 aromatic rings. The monoisotopic (exact) mass is 241 g/mol. The van der Waals surface area contributed by atoms with Gasteiger partial charge in [-0.05, 0) is 44.6 Å². The van der Waals surface area contributed by atoms with Crippen molar-refractivity contribution in [3.8, 4) is 0 Å². The van der Waals surface area contributed by atoms with Crippen LogP contribution in [0, 0.1) is 11.8 Å². The molecule has 1 rings (SSSR count). The highest BCUT2D eigenvalue weighted by Gasteiger charge is 2.39. The smallest absolute Gasteiger partial charge is 0.0758 e. The third-order valence-electron chi connectivity index (χ3n) is 3.99. The van der Waals surface area contributed by atoms with Gasteiger partial charge >= 0.3 is 0 Å². The highest BCUT2D eigenvalue weighted by molar-refractivity contribution is 4.93. The summed E-state index contributed by atoms with van der Waals surface area (Å²) in [5, 5.41) is 3.75. The second-order valence-electron chi connectivity index (χ2n) is 5.31. The van der Waals surface area contributed by atoms with E-state index in [1.807, 2.05) is 0 Å². The van der Waals surface area contributed by atoms with Gasteiger partial charge in [-0.1, -0.05) is 33.6 Å². The van der Waals surface area contributed by atoms with Crippen molar-refractivity contribution in [2.24, 2.45) is 11.8 Å². The molecule has 0 amide bonds. The van der Waals surface area contributed by atoms with Crippen LogP contribution in [0.3, 0.4) is 0 Å². The second-order valence-corrected chi connectivity index (χ2v) is 5.31. The van der Waals surface area contributed by atoms with Crippen LogP contribution in [0.25, 0.3) is 0 Å². The molecule has 1 N–H and O–H groups in total. The van der Waals surface area contributed by atoms with Gasteiger partial charge in [-0.3, -0.25) is 0 Å². The summed E-state index contributed by atoms with van der Waals surface area (Å²) in [6, 6.07) is 0.567. The average molecular weight is 241 g/mol. The maximum absolute atomic E-state index is 6.05. The molecule has 0 spiro atoms. The average Bonchev–Trinajstić information content (AvgIpc) is 3.16. The molecule has 2 atom stereocenters. The zero-order valence-corrected chi connectivity index (χ0v) is 12.2. The highest BCUT2D eigenvalue weighted by Crippen LogP contribution is 2.38. The molecule has 0 aromatic carbocycles. The van der Waals surface area contributed by atoms with Crippen molar-refractivity contribution in [1.29, 1.82) is 0 Å². The zero-order valence-electron chi connectivity index (χ0n) is 12.2. The standard InChI is InChI=1S/C15H31NO/c1-5-11-16-14(12(6-2)7-3)15(17-8-4)13-9-10-13/h12-16H,5-11H2,1-4H3. The minimum Gasteiger partial charge on any atom is -0.377 e. The van der Waals surface area contributed by atoms with Crippen LogP contribution < -0.4 is 5.32 Å². The first kappa shape index (κ1) is 15.0. The fourth-order valence-corrected chi connectivity index (χ4v) is 2.81. The Kier molecular flexibility index (Phi) is 7.14. The van der Waals surface area contributed by atoms with E-state index in [2.05, 4.69) is 33.0 Å². The molecule has 102 valence electrons. The molecular formula is C15H31NO. The van der Waals surface area contributed by atoms with E-state index >= 15 is 0 Å². The number of hydrogen-bond acceptors (Lipinski definition) is 2. The second kappa shape index (κ2) is 8.10. The van der Waals surface area contributed by atoms with E-state index in [1.165, 1.54) is 32.1 Å². The zero-order chi connectivity index (χ0) is 12.7. The van der Waals surface area contributed by atoms with E-state index in [9.17, 15) is 0 Å². The molecule has 17 heavy (non-hydrogen) atoms. The van der Waals surface area contributed by atoms with Gasteiger partial charge in [0.05, 0.1) is 6.10 Å². The van der Waals surface area contributed by atoms with Crippen molar-refractivity contribution in [2.45, 2.75) is 71.9 Å². The minimum atomic E-state index is 0.455. The Hall–Kier alpha value is -0.0800. The first-order valence-electron chi connectivity index (χ1n) is 7.63. The van der Waals surface area contributed by atoms with Gasteiger partial charge in [-0.2, -0.15) is 0 Å². The van der Waals surface area contributed by atoms with Gasteiger partial charge in [-0.15, -0.1) is 0 Å².